The fourth-order valence-corrected chi connectivity index (χ4v) is 3.36. The number of hydrogen-bond acceptors (Lipinski definition) is 3. The molecule has 3 heteroatoms. The second-order valence-corrected chi connectivity index (χ2v) is 5.94. The summed E-state index contributed by atoms with van der Waals surface area (Å²) in [6.45, 7) is 4.24. The molecule has 0 amide bonds. The molecule has 0 aromatic rings. The molecule has 0 heterocycles. The first-order valence-corrected chi connectivity index (χ1v) is 7.00. The summed E-state index contributed by atoms with van der Waals surface area (Å²) >= 11 is 2.08. The van der Waals surface area contributed by atoms with Crippen LogP contribution in [-0.4, -0.2) is 17.0 Å². The molecule has 1 saturated carbocycles. The molecule has 0 radical (unpaired) electrons. The van der Waals surface area contributed by atoms with Crippen molar-refractivity contribution >= 4 is 11.8 Å². The number of hydrazine groups is 1. The van der Waals surface area contributed by atoms with E-state index in [4.69, 9.17) is 5.84 Å². The van der Waals surface area contributed by atoms with Gasteiger partial charge in [0.25, 0.3) is 0 Å². The number of hydrogen-bond donors (Lipinski definition) is 2. The first-order valence-electron chi connectivity index (χ1n) is 5.95. The highest BCUT2D eigenvalue weighted by atomic mass is 32.2. The topological polar surface area (TPSA) is 38.0 Å². The molecule has 88 valence electrons. The molecule has 0 spiro atoms. The summed E-state index contributed by atoms with van der Waals surface area (Å²) in [5.74, 6) is 6.63. The van der Waals surface area contributed by atoms with Crippen molar-refractivity contribution in [2.45, 2.75) is 57.2 Å². The van der Waals surface area contributed by atoms with Crippen molar-refractivity contribution in [1.29, 1.82) is 0 Å². The predicted octanol–water partition coefficient (Wildman–Crippen LogP) is 2.85. The van der Waals surface area contributed by atoms with Crippen molar-refractivity contribution in [3.63, 3.8) is 0 Å². The molecule has 0 bridgehead atoms. The van der Waals surface area contributed by atoms with Crippen LogP contribution in [0.25, 0.3) is 0 Å². The van der Waals surface area contributed by atoms with Crippen LogP contribution in [0.4, 0.5) is 0 Å². The standard InChI is InChI=1S/C12H24N2S/c1-10(2)8-11(14-13)9-15-12-6-4-3-5-7-12/h8,11-12,14H,3-7,9,13H2,1-2H3. The van der Waals surface area contributed by atoms with E-state index in [-0.39, 0.29) is 0 Å². The predicted molar refractivity (Wildman–Crippen MR) is 69.9 cm³/mol. The Kier molecular flexibility index (Phi) is 6.37. The van der Waals surface area contributed by atoms with Gasteiger partial charge in [-0.05, 0) is 26.7 Å². The largest absolute Gasteiger partial charge is 0.271 e. The summed E-state index contributed by atoms with van der Waals surface area (Å²) in [6.07, 6.45) is 9.29. The van der Waals surface area contributed by atoms with Gasteiger partial charge in [-0.15, -0.1) is 0 Å². The van der Waals surface area contributed by atoms with E-state index in [0.717, 1.165) is 11.0 Å². The zero-order valence-corrected chi connectivity index (χ0v) is 10.8. The van der Waals surface area contributed by atoms with Gasteiger partial charge in [-0.1, -0.05) is 30.9 Å². The molecule has 1 aliphatic carbocycles. The van der Waals surface area contributed by atoms with Crippen LogP contribution in [0, 0.1) is 0 Å². The number of allylic oxidation sites excluding steroid dienone is 1. The van der Waals surface area contributed by atoms with Gasteiger partial charge in [-0.25, -0.2) is 0 Å². The SMILES string of the molecule is CC(C)=CC(CSC1CCCCC1)NN. The average molecular weight is 228 g/mol. The van der Waals surface area contributed by atoms with Crippen LogP contribution >= 0.6 is 11.8 Å². The van der Waals surface area contributed by atoms with E-state index in [1.54, 1.807) is 0 Å². The van der Waals surface area contributed by atoms with Crippen molar-refractivity contribution < 1.29 is 0 Å². The fourth-order valence-electron chi connectivity index (χ4n) is 2.02. The highest BCUT2D eigenvalue weighted by Gasteiger charge is 2.15. The normalized spacial score (nSPS) is 19.9. The molecule has 1 aliphatic rings. The Labute approximate surface area is 98.0 Å². The van der Waals surface area contributed by atoms with E-state index in [0.29, 0.717) is 6.04 Å². The lowest BCUT2D eigenvalue weighted by Gasteiger charge is -2.22. The Morgan fingerprint density at radius 2 is 2.07 bits per heavy atom. The summed E-state index contributed by atoms with van der Waals surface area (Å²) in [7, 11) is 0. The van der Waals surface area contributed by atoms with Gasteiger partial charge in [0.1, 0.15) is 0 Å². The summed E-state index contributed by atoms with van der Waals surface area (Å²) in [4.78, 5) is 0. The number of thioether (sulfide) groups is 1. The summed E-state index contributed by atoms with van der Waals surface area (Å²) in [5, 5.41) is 0.875. The van der Waals surface area contributed by atoms with Gasteiger partial charge in [0.15, 0.2) is 0 Å². The fraction of sp³-hybridized carbons (Fsp3) is 0.833. The molecule has 1 unspecified atom stereocenters. The van der Waals surface area contributed by atoms with Crippen molar-refractivity contribution in [2.75, 3.05) is 5.75 Å². The molecule has 0 aromatic heterocycles. The lowest BCUT2D eigenvalue weighted by molar-refractivity contribution is 0.515. The molecule has 0 aromatic carbocycles. The van der Waals surface area contributed by atoms with Crippen molar-refractivity contribution in [3.05, 3.63) is 11.6 Å². The van der Waals surface area contributed by atoms with E-state index >= 15 is 0 Å². The smallest absolute Gasteiger partial charge is 0.0483 e. The number of rotatable bonds is 5. The van der Waals surface area contributed by atoms with Gasteiger partial charge < -0.3 is 0 Å². The van der Waals surface area contributed by atoms with Gasteiger partial charge in [-0.3, -0.25) is 11.3 Å². The quantitative estimate of drug-likeness (QED) is 0.432. The average Bonchev–Trinajstić information content (AvgIpc) is 2.25. The zero-order chi connectivity index (χ0) is 11.1. The molecule has 0 aliphatic heterocycles. The molecule has 1 atom stereocenters. The second kappa shape index (κ2) is 7.31. The Morgan fingerprint density at radius 3 is 2.60 bits per heavy atom. The molecular weight excluding hydrogens is 204 g/mol. The summed E-state index contributed by atoms with van der Waals surface area (Å²) in [6, 6.07) is 0.335. The van der Waals surface area contributed by atoms with Gasteiger partial charge in [0.2, 0.25) is 0 Å². The lowest BCUT2D eigenvalue weighted by Crippen LogP contribution is -2.36. The maximum absolute atomic E-state index is 5.53. The molecule has 1 fully saturated rings. The molecule has 1 rings (SSSR count). The third-order valence-electron chi connectivity index (χ3n) is 2.81. The Bertz CT molecular complexity index is 194. The Morgan fingerprint density at radius 1 is 1.40 bits per heavy atom. The first kappa shape index (κ1) is 13.1. The minimum absolute atomic E-state index is 0.335. The van der Waals surface area contributed by atoms with Gasteiger partial charge in [0, 0.05) is 17.0 Å². The minimum atomic E-state index is 0.335. The van der Waals surface area contributed by atoms with Crippen LogP contribution < -0.4 is 11.3 Å². The number of nitrogens with one attached hydrogen (secondary N) is 1. The van der Waals surface area contributed by atoms with Crippen molar-refractivity contribution in [3.8, 4) is 0 Å². The number of nitrogens with two attached hydrogens (primary N) is 1. The highest BCUT2D eigenvalue weighted by molar-refractivity contribution is 7.99. The van der Waals surface area contributed by atoms with E-state index in [1.807, 2.05) is 0 Å². The van der Waals surface area contributed by atoms with Crippen LogP contribution in [0.2, 0.25) is 0 Å². The van der Waals surface area contributed by atoms with E-state index < -0.39 is 0 Å². The van der Waals surface area contributed by atoms with Gasteiger partial charge >= 0.3 is 0 Å². The Balaban J connectivity index is 2.23. The van der Waals surface area contributed by atoms with Crippen molar-refractivity contribution in [2.24, 2.45) is 5.84 Å². The van der Waals surface area contributed by atoms with Gasteiger partial charge in [-0.2, -0.15) is 11.8 Å². The molecule has 0 saturated heterocycles. The highest BCUT2D eigenvalue weighted by Crippen LogP contribution is 2.28. The monoisotopic (exact) mass is 228 g/mol. The van der Waals surface area contributed by atoms with Crippen LogP contribution in [0.3, 0.4) is 0 Å². The van der Waals surface area contributed by atoms with Crippen LogP contribution in [0.5, 0.6) is 0 Å². The van der Waals surface area contributed by atoms with Crippen LogP contribution in [-0.2, 0) is 0 Å². The molecular formula is C12H24N2S. The second-order valence-electron chi connectivity index (χ2n) is 4.61. The third-order valence-corrected chi connectivity index (χ3v) is 4.31. The minimum Gasteiger partial charge on any atom is -0.271 e. The third kappa shape index (κ3) is 5.59. The van der Waals surface area contributed by atoms with E-state index in [1.165, 1.54) is 37.7 Å². The first-order chi connectivity index (χ1) is 7.22. The van der Waals surface area contributed by atoms with Crippen LogP contribution in [0.1, 0.15) is 46.0 Å². The summed E-state index contributed by atoms with van der Waals surface area (Å²) in [5.41, 5.74) is 4.21. The van der Waals surface area contributed by atoms with E-state index in [9.17, 15) is 0 Å². The maximum atomic E-state index is 5.53. The summed E-state index contributed by atoms with van der Waals surface area (Å²) < 4.78 is 0. The zero-order valence-electron chi connectivity index (χ0n) is 9.96. The molecule has 2 nitrogen and oxygen atoms in total. The van der Waals surface area contributed by atoms with Crippen LogP contribution in [0.15, 0.2) is 11.6 Å². The molecule has 3 N–H and O–H groups in total. The lowest BCUT2D eigenvalue weighted by atomic mass is 10.0. The van der Waals surface area contributed by atoms with E-state index in [2.05, 4.69) is 37.1 Å². The van der Waals surface area contributed by atoms with Gasteiger partial charge in [0.05, 0.1) is 0 Å². The maximum Gasteiger partial charge on any atom is 0.0483 e. The molecule has 15 heavy (non-hydrogen) atoms. The van der Waals surface area contributed by atoms with Crippen molar-refractivity contribution in [1.82, 2.24) is 5.43 Å². The Hall–Kier alpha value is 0.01000.